The Hall–Kier alpha value is -1.44. The van der Waals surface area contributed by atoms with Crippen molar-refractivity contribution < 1.29 is 13.2 Å². The number of nitrogens with two attached hydrogens (primary N) is 1. The highest BCUT2D eigenvalue weighted by molar-refractivity contribution is 7.89. The molecule has 20 heavy (non-hydrogen) atoms. The average Bonchev–Trinajstić information content (AvgIpc) is 2.38. The van der Waals surface area contributed by atoms with Gasteiger partial charge in [0.2, 0.25) is 10.0 Å². The van der Waals surface area contributed by atoms with Crippen LogP contribution in [0.2, 0.25) is 0 Å². The van der Waals surface area contributed by atoms with Gasteiger partial charge in [-0.3, -0.25) is 4.79 Å². The highest BCUT2D eigenvalue weighted by Gasteiger charge is 2.26. The van der Waals surface area contributed by atoms with Crippen LogP contribution in [0.3, 0.4) is 0 Å². The first-order valence-corrected chi connectivity index (χ1v) is 7.89. The Morgan fingerprint density at radius 2 is 2.10 bits per heavy atom. The lowest BCUT2D eigenvalue weighted by Crippen LogP contribution is -2.48. The number of amides is 1. The summed E-state index contributed by atoms with van der Waals surface area (Å²) in [5.41, 5.74) is 6.08. The maximum atomic E-state index is 12.3. The minimum atomic E-state index is -3.70. The summed E-state index contributed by atoms with van der Waals surface area (Å²) in [6.07, 6.45) is 0.711. The largest absolute Gasteiger partial charge is 0.352 e. The minimum Gasteiger partial charge on any atom is -0.352 e. The molecule has 1 heterocycles. The minimum absolute atomic E-state index is 0.0785. The molecule has 0 aromatic heterocycles. The standard InChI is InChI=1S/C13H19N3O3S/c1-13(2,8-14)16-20(18,19)10-4-3-9-5-6-15-12(17)11(9)7-10/h3-4,7,16H,5-6,8,14H2,1-2H3,(H,15,17). The molecule has 4 N–H and O–H groups in total. The van der Waals surface area contributed by atoms with Gasteiger partial charge in [-0.1, -0.05) is 6.07 Å². The van der Waals surface area contributed by atoms with E-state index >= 15 is 0 Å². The van der Waals surface area contributed by atoms with Crippen molar-refractivity contribution in [2.45, 2.75) is 30.7 Å². The van der Waals surface area contributed by atoms with Crippen molar-refractivity contribution in [2.75, 3.05) is 13.1 Å². The lowest BCUT2D eigenvalue weighted by Gasteiger charge is -2.24. The van der Waals surface area contributed by atoms with Crippen molar-refractivity contribution >= 4 is 15.9 Å². The highest BCUT2D eigenvalue weighted by atomic mass is 32.2. The predicted molar refractivity (Wildman–Crippen MR) is 75.9 cm³/mol. The fraction of sp³-hybridized carbons (Fsp3) is 0.462. The Morgan fingerprint density at radius 1 is 1.40 bits per heavy atom. The van der Waals surface area contributed by atoms with E-state index in [9.17, 15) is 13.2 Å². The number of carbonyl (C=O) groups is 1. The van der Waals surface area contributed by atoms with Gasteiger partial charge >= 0.3 is 0 Å². The molecule has 0 unspecified atom stereocenters. The van der Waals surface area contributed by atoms with Gasteiger partial charge in [-0.05, 0) is 38.0 Å². The Morgan fingerprint density at radius 3 is 2.75 bits per heavy atom. The summed E-state index contributed by atoms with van der Waals surface area (Å²) in [7, 11) is -3.70. The Bertz CT molecular complexity index is 638. The smallest absolute Gasteiger partial charge is 0.251 e. The SMILES string of the molecule is CC(C)(CN)NS(=O)(=O)c1ccc2c(c1)C(=O)NCC2. The first kappa shape index (κ1) is 15.0. The van der Waals surface area contributed by atoms with Crippen molar-refractivity contribution in [2.24, 2.45) is 5.73 Å². The summed E-state index contributed by atoms with van der Waals surface area (Å²) in [6, 6.07) is 4.63. The van der Waals surface area contributed by atoms with Crippen molar-refractivity contribution in [3.05, 3.63) is 29.3 Å². The number of sulfonamides is 1. The van der Waals surface area contributed by atoms with Gasteiger partial charge in [0.25, 0.3) is 5.91 Å². The number of hydrogen-bond donors (Lipinski definition) is 3. The molecule has 1 aliphatic heterocycles. The molecule has 1 aliphatic rings. The van der Waals surface area contributed by atoms with E-state index in [1.54, 1.807) is 19.9 Å². The molecule has 110 valence electrons. The summed E-state index contributed by atoms with van der Waals surface area (Å²) in [4.78, 5) is 11.8. The molecule has 6 nitrogen and oxygen atoms in total. The lowest BCUT2D eigenvalue weighted by molar-refractivity contribution is 0.0946. The number of carbonyl (C=O) groups excluding carboxylic acids is 1. The van der Waals surface area contributed by atoms with Crippen LogP contribution in [0.4, 0.5) is 0 Å². The van der Waals surface area contributed by atoms with E-state index in [2.05, 4.69) is 10.0 Å². The molecule has 0 radical (unpaired) electrons. The third kappa shape index (κ3) is 3.00. The maximum Gasteiger partial charge on any atom is 0.251 e. The quantitative estimate of drug-likeness (QED) is 0.727. The number of hydrogen-bond acceptors (Lipinski definition) is 4. The van der Waals surface area contributed by atoms with Crippen molar-refractivity contribution in [1.29, 1.82) is 0 Å². The van der Waals surface area contributed by atoms with Crippen LogP contribution in [0.5, 0.6) is 0 Å². The van der Waals surface area contributed by atoms with Crippen molar-refractivity contribution in [3.8, 4) is 0 Å². The van der Waals surface area contributed by atoms with Crippen LogP contribution in [0, 0.1) is 0 Å². The molecule has 0 bridgehead atoms. The second kappa shape index (κ2) is 5.16. The van der Waals surface area contributed by atoms with Crippen LogP contribution in [-0.4, -0.2) is 33.0 Å². The normalized spacial score (nSPS) is 15.7. The third-order valence-electron chi connectivity index (χ3n) is 3.24. The Labute approximate surface area is 118 Å². The molecule has 0 aliphatic carbocycles. The van der Waals surface area contributed by atoms with E-state index in [-0.39, 0.29) is 17.3 Å². The molecule has 0 atom stereocenters. The highest BCUT2D eigenvalue weighted by Crippen LogP contribution is 2.20. The summed E-state index contributed by atoms with van der Waals surface area (Å²) < 4.78 is 27.1. The predicted octanol–water partition coefficient (Wildman–Crippen LogP) is -0.0119. The van der Waals surface area contributed by atoms with Gasteiger partial charge in [-0.25, -0.2) is 13.1 Å². The topological polar surface area (TPSA) is 101 Å². The summed E-state index contributed by atoms with van der Waals surface area (Å²) in [5.74, 6) is -0.235. The number of nitrogens with one attached hydrogen (secondary N) is 2. The molecule has 0 fully saturated rings. The molecule has 0 spiro atoms. The van der Waals surface area contributed by atoms with Crippen LogP contribution in [0.15, 0.2) is 23.1 Å². The zero-order valence-electron chi connectivity index (χ0n) is 11.6. The van der Waals surface area contributed by atoms with E-state index < -0.39 is 15.6 Å². The number of benzene rings is 1. The van der Waals surface area contributed by atoms with Crippen LogP contribution in [0.25, 0.3) is 0 Å². The second-order valence-electron chi connectivity index (χ2n) is 5.52. The van der Waals surface area contributed by atoms with Gasteiger partial charge in [0, 0.05) is 24.2 Å². The molecule has 2 rings (SSSR count). The molecule has 0 saturated heterocycles. The van der Waals surface area contributed by atoms with E-state index in [0.717, 1.165) is 5.56 Å². The van der Waals surface area contributed by atoms with Gasteiger partial charge in [0.15, 0.2) is 0 Å². The monoisotopic (exact) mass is 297 g/mol. The molecular formula is C13H19N3O3S. The van der Waals surface area contributed by atoms with Crippen molar-refractivity contribution in [3.63, 3.8) is 0 Å². The second-order valence-corrected chi connectivity index (χ2v) is 7.20. The van der Waals surface area contributed by atoms with Crippen LogP contribution < -0.4 is 15.8 Å². The average molecular weight is 297 g/mol. The molecule has 1 aromatic rings. The summed E-state index contributed by atoms with van der Waals surface area (Å²) >= 11 is 0. The zero-order chi connectivity index (χ0) is 15.0. The first-order chi connectivity index (χ1) is 9.25. The van der Waals surface area contributed by atoms with Crippen LogP contribution >= 0.6 is 0 Å². The number of fused-ring (bicyclic) bond motifs is 1. The van der Waals surface area contributed by atoms with Crippen LogP contribution in [0.1, 0.15) is 29.8 Å². The zero-order valence-corrected chi connectivity index (χ0v) is 12.4. The fourth-order valence-corrected chi connectivity index (χ4v) is 3.47. The summed E-state index contributed by atoms with van der Waals surface area (Å²) in [5, 5.41) is 2.70. The van der Waals surface area contributed by atoms with Gasteiger partial charge in [0.05, 0.1) is 4.90 Å². The van der Waals surface area contributed by atoms with E-state index in [0.29, 0.717) is 18.5 Å². The fourth-order valence-electron chi connectivity index (χ4n) is 2.02. The van der Waals surface area contributed by atoms with E-state index in [1.165, 1.54) is 12.1 Å². The molecule has 1 amide bonds. The van der Waals surface area contributed by atoms with Crippen molar-refractivity contribution in [1.82, 2.24) is 10.0 Å². The molecule has 1 aromatic carbocycles. The Balaban J connectivity index is 2.39. The molecule has 0 saturated carbocycles. The van der Waals surface area contributed by atoms with E-state index in [4.69, 9.17) is 5.73 Å². The lowest BCUT2D eigenvalue weighted by atomic mass is 10.0. The molecule has 7 heteroatoms. The maximum absolute atomic E-state index is 12.3. The summed E-state index contributed by atoms with van der Waals surface area (Å²) in [6.45, 7) is 4.17. The Kier molecular flexibility index (Phi) is 3.86. The third-order valence-corrected chi connectivity index (χ3v) is 4.93. The van der Waals surface area contributed by atoms with Gasteiger partial charge in [-0.15, -0.1) is 0 Å². The van der Waals surface area contributed by atoms with Gasteiger partial charge in [-0.2, -0.15) is 0 Å². The van der Waals surface area contributed by atoms with Gasteiger partial charge < -0.3 is 11.1 Å². The number of rotatable bonds is 4. The first-order valence-electron chi connectivity index (χ1n) is 6.40. The molecular weight excluding hydrogens is 278 g/mol. The van der Waals surface area contributed by atoms with E-state index in [1.807, 2.05) is 0 Å². The van der Waals surface area contributed by atoms with Crippen LogP contribution in [-0.2, 0) is 16.4 Å². The van der Waals surface area contributed by atoms with Gasteiger partial charge in [0.1, 0.15) is 0 Å².